The molecule has 1 saturated heterocycles. The van der Waals surface area contributed by atoms with Gasteiger partial charge in [0, 0.05) is 0 Å². The Hall–Kier alpha value is -0.960. The van der Waals surface area contributed by atoms with E-state index in [9.17, 15) is 8.78 Å². The van der Waals surface area contributed by atoms with Crippen molar-refractivity contribution in [2.24, 2.45) is 5.92 Å². The van der Waals surface area contributed by atoms with Gasteiger partial charge in [-0.05, 0) is 55.5 Å². The van der Waals surface area contributed by atoms with Gasteiger partial charge < -0.3 is 5.32 Å². The third-order valence-corrected chi connectivity index (χ3v) is 3.56. The normalized spacial score (nSPS) is 19.7. The lowest BCUT2D eigenvalue weighted by molar-refractivity contribution is 0.329. The molecule has 0 aliphatic carbocycles. The maximum absolute atomic E-state index is 13.1. The summed E-state index contributed by atoms with van der Waals surface area (Å²) < 4.78 is 25.9. The van der Waals surface area contributed by atoms with Gasteiger partial charge in [0.25, 0.3) is 0 Å². The van der Waals surface area contributed by atoms with Crippen LogP contribution >= 0.6 is 0 Å². The van der Waals surface area contributed by atoms with Crippen LogP contribution < -0.4 is 5.32 Å². The van der Waals surface area contributed by atoms with Crippen molar-refractivity contribution in [2.45, 2.75) is 25.7 Å². The van der Waals surface area contributed by atoms with Gasteiger partial charge in [-0.2, -0.15) is 0 Å². The van der Waals surface area contributed by atoms with Crippen molar-refractivity contribution >= 4 is 0 Å². The lowest BCUT2D eigenvalue weighted by atomic mass is 9.82. The zero-order valence-electron chi connectivity index (χ0n) is 9.47. The smallest absolute Gasteiger partial charge is 0.159 e. The van der Waals surface area contributed by atoms with E-state index in [1.807, 2.05) is 0 Å². The Morgan fingerprint density at radius 1 is 1.19 bits per heavy atom. The SMILES string of the molecule is CC(c1ccc(F)c(F)c1)C1CCNCC1. The van der Waals surface area contributed by atoms with Crippen LogP contribution in [-0.2, 0) is 0 Å². The van der Waals surface area contributed by atoms with Crippen LogP contribution in [0.25, 0.3) is 0 Å². The standard InChI is InChI=1S/C13H17F2N/c1-9(10-4-6-16-7-5-10)11-2-3-12(14)13(15)8-11/h2-3,8-10,16H,4-7H2,1H3. The summed E-state index contributed by atoms with van der Waals surface area (Å²) in [7, 11) is 0. The molecular weight excluding hydrogens is 208 g/mol. The summed E-state index contributed by atoms with van der Waals surface area (Å²) in [5.74, 6) is -0.622. The quantitative estimate of drug-likeness (QED) is 0.815. The summed E-state index contributed by atoms with van der Waals surface area (Å²) in [6.07, 6.45) is 2.22. The van der Waals surface area contributed by atoms with Crippen LogP contribution in [0.15, 0.2) is 18.2 Å². The summed E-state index contributed by atoms with van der Waals surface area (Å²) in [5, 5.41) is 3.31. The summed E-state index contributed by atoms with van der Waals surface area (Å²) in [6, 6.07) is 4.26. The fourth-order valence-corrected chi connectivity index (χ4v) is 2.41. The molecule has 1 aromatic carbocycles. The maximum atomic E-state index is 13.1. The number of hydrogen-bond donors (Lipinski definition) is 1. The van der Waals surface area contributed by atoms with Crippen LogP contribution in [0.1, 0.15) is 31.2 Å². The molecule has 3 heteroatoms. The van der Waals surface area contributed by atoms with Crippen molar-refractivity contribution in [3.63, 3.8) is 0 Å². The summed E-state index contributed by atoms with van der Waals surface area (Å²) in [4.78, 5) is 0. The van der Waals surface area contributed by atoms with Crippen molar-refractivity contribution in [1.82, 2.24) is 5.32 Å². The van der Waals surface area contributed by atoms with Crippen molar-refractivity contribution < 1.29 is 8.78 Å². The van der Waals surface area contributed by atoms with Gasteiger partial charge in [-0.25, -0.2) is 8.78 Å². The Bertz CT molecular complexity index is 359. The predicted molar refractivity (Wildman–Crippen MR) is 60.4 cm³/mol. The van der Waals surface area contributed by atoms with E-state index in [4.69, 9.17) is 0 Å². The van der Waals surface area contributed by atoms with Crippen LogP contribution in [0.5, 0.6) is 0 Å². The van der Waals surface area contributed by atoms with E-state index >= 15 is 0 Å². The molecule has 1 aromatic rings. The molecule has 1 nitrogen and oxygen atoms in total. The zero-order chi connectivity index (χ0) is 11.5. The topological polar surface area (TPSA) is 12.0 Å². The molecule has 1 aliphatic rings. The molecule has 0 radical (unpaired) electrons. The van der Waals surface area contributed by atoms with E-state index in [0.717, 1.165) is 31.5 Å². The number of benzene rings is 1. The minimum absolute atomic E-state index is 0.303. The molecule has 2 rings (SSSR count). The first kappa shape index (κ1) is 11.5. The number of rotatable bonds is 2. The number of piperidine rings is 1. The molecule has 1 heterocycles. The molecule has 16 heavy (non-hydrogen) atoms. The van der Waals surface area contributed by atoms with Gasteiger partial charge in [-0.15, -0.1) is 0 Å². The van der Waals surface area contributed by atoms with Crippen LogP contribution in [0.2, 0.25) is 0 Å². The van der Waals surface area contributed by atoms with Crippen molar-refractivity contribution in [3.8, 4) is 0 Å². The largest absolute Gasteiger partial charge is 0.317 e. The monoisotopic (exact) mass is 225 g/mol. The van der Waals surface area contributed by atoms with Crippen molar-refractivity contribution in [2.75, 3.05) is 13.1 Å². The summed E-state index contributed by atoms with van der Waals surface area (Å²) >= 11 is 0. The van der Waals surface area contributed by atoms with E-state index in [2.05, 4.69) is 12.2 Å². The lowest BCUT2D eigenvalue weighted by Crippen LogP contribution is -2.30. The zero-order valence-corrected chi connectivity index (χ0v) is 9.47. The van der Waals surface area contributed by atoms with Crippen LogP contribution in [-0.4, -0.2) is 13.1 Å². The second-order valence-corrected chi connectivity index (χ2v) is 4.55. The Morgan fingerprint density at radius 2 is 1.88 bits per heavy atom. The molecule has 0 bridgehead atoms. The van der Waals surface area contributed by atoms with Gasteiger partial charge >= 0.3 is 0 Å². The molecule has 1 fully saturated rings. The average Bonchev–Trinajstić information content (AvgIpc) is 2.33. The minimum atomic E-state index is -0.763. The third kappa shape index (κ3) is 2.40. The average molecular weight is 225 g/mol. The number of halogens is 2. The predicted octanol–water partition coefficient (Wildman–Crippen LogP) is 3.07. The molecule has 0 saturated carbocycles. The van der Waals surface area contributed by atoms with Gasteiger partial charge in [0.05, 0.1) is 0 Å². The highest BCUT2D eigenvalue weighted by molar-refractivity contribution is 5.22. The molecule has 0 aromatic heterocycles. The molecular formula is C13H17F2N. The minimum Gasteiger partial charge on any atom is -0.317 e. The Morgan fingerprint density at radius 3 is 2.50 bits per heavy atom. The van der Waals surface area contributed by atoms with Gasteiger partial charge in [0.1, 0.15) is 0 Å². The Labute approximate surface area is 94.9 Å². The van der Waals surface area contributed by atoms with Crippen molar-refractivity contribution in [3.05, 3.63) is 35.4 Å². The fourth-order valence-electron chi connectivity index (χ4n) is 2.41. The van der Waals surface area contributed by atoms with Gasteiger partial charge in [0.2, 0.25) is 0 Å². The highest BCUT2D eigenvalue weighted by Gasteiger charge is 2.21. The van der Waals surface area contributed by atoms with Crippen LogP contribution in [0.3, 0.4) is 0 Å². The Balaban J connectivity index is 2.12. The summed E-state index contributed by atoms with van der Waals surface area (Å²) in [5.41, 5.74) is 0.908. The van der Waals surface area contributed by atoms with Crippen LogP contribution in [0, 0.1) is 17.6 Å². The maximum Gasteiger partial charge on any atom is 0.159 e. The fraction of sp³-hybridized carbons (Fsp3) is 0.538. The van der Waals surface area contributed by atoms with E-state index in [-0.39, 0.29) is 0 Å². The first-order valence-electron chi connectivity index (χ1n) is 5.84. The van der Waals surface area contributed by atoms with Gasteiger partial charge in [0.15, 0.2) is 11.6 Å². The number of hydrogen-bond acceptors (Lipinski definition) is 1. The second kappa shape index (κ2) is 4.91. The Kier molecular flexibility index (Phi) is 3.54. The molecule has 88 valence electrons. The third-order valence-electron chi connectivity index (χ3n) is 3.56. The molecule has 1 unspecified atom stereocenters. The molecule has 1 atom stereocenters. The lowest BCUT2D eigenvalue weighted by Gasteiger charge is -2.28. The van der Waals surface area contributed by atoms with Crippen molar-refractivity contribution in [1.29, 1.82) is 0 Å². The van der Waals surface area contributed by atoms with E-state index in [1.54, 1.807) is 6.07 Å². The first-order valence-corrected chi connectivity index (χ1v) is 5.84. The first-order chi connectivity index (χ1) is 7.68. The van der Waals surface area contributed by atoms with E-state index < -0.39 is 11.6 Å². The molecule has 1 N–H and O–H groups in total. The number of nitrogens with one attached hydrogen (secondary N) is 1. The summed E-state index contributed by atoms with van der Waals surface area (Å²) in [6.45, 7) is 4.15. The van der Waals surface area contributed by atoms with Gasteiger partial charge in [-0.1, -0.05) is 13.0 Å². The van der Waals surface area contributed by atoms with Crippen LogP contribution in [0.4, 0.5) is 8.78 Å². The van der Waals surface area contributed by atoms with Gasteiger partial charge in [-0.3, -0.25) is 0 Å². The molecule has 0 amide bonds. The second-order valence-electron chi connectivity index (χ2n) is 4.55. The van der Waals surface area contributed by atoms with E-state index in [1.165, 1.54) is 12.1 Å². The molecule has 0 spiro atoms. The molecule has 1 aliphatic heterocycles. The highest BCUT2D eigenvalue weighted by atomic mass is 19.2. The van der Waals surface area contributed by atoms with E-state index in [0.29, 0.717) is 11.8 Å². The highest BCUT2D eigenvalue weighted by Crippen LogP contribution is 2.31.